The van der Waals surface area contributed by atoms with Crippen molar-refractivity contribution in [3.05, 3.63) is 153 Å². The first-order valence-corrected chi connectivity index (χ1v) is 17.6. The van der Waals surface area contributed by atoms with Crippen LogP contribution in [0.15, 0.2) is 108 Å². The molecule has 0 bridgehead atoms. The van der Waals surface area contributed by atoms with Crippen molar-refractivity contribution < 1.29 is 35.1 Å². The van der Waals surface area contributed by atoms with Crippen molar-refractivity contribution >= 4 is 33.0 Å². The highest BCUT2D eigenvalue weighted by Gasteiger charge is 2.36. The van der Waals surface area contributed by atoms with Gasteiger partial charge in [-0.1, -0.05) is 36.4 Å². The molecule has 7 aromatic rings. The molecule has 60 heavy (non-hydrogen) atoms. The molecule has 0 saturated carbocycles. The van der Waals surface area contributed by atoms with E-state index in [1.54, 1.807) is 60.7 Å². The number of nitrogens with zero attached hydrogens (tertiary/aromatic N) is 6. The predicted octanol–water partition coefficient (Wildman–Crippen LogP) is 12.1. The Kier molecular flexibility index (Phi) is 8.21. The molecule has 286 valence electrons. The van der Waals surface area contributed by atoms with Crippen LogP contribution in [0.3, 0.4) is 0 Å². The van der Waals surface area contributed by atoms with E-state index >= 15 is 0 Å². The van der Waals surface area contributed by atoms with Crippen molar-refractivity contribution in [2.75, 3.05) is 0 Å². The molecule has 0 atom stereocenters. The van der Waals surface area contributed by atoms with Gasteiger partial charge in [0.1, 0.15) is 47.1 Å². The van der Waals surface area contributed by atoms with Crippen molar-refractivity contribution in [3.63, 3.8) is 0 Å². The van der Waals surface area contributed by atoms with Crippen LogP contribution in [0.1, 0.15) is 33.6 Å². The van der Waals surface area contributed by atoms with E-state index < -0.39 is 35.1 Å². The average Bonchev–Trinajstić information content (AvgIpc) is 3.69. The van der Waals surface area contributed by atoms with Gasteiger partial charge in [-0.05, 0) is 105 Å². The van der Waals surface area contributed by atoms with E-state index in [1.165, 1.54) is 0 Å². The van der Waals surface area contributed by atoms with Crippen LogP contribution in [0.5, 0.6) is 0 Å². The summed E-state index contributed by atoms with van der Waals surface area (Å²) in [5.74, 6) is -2.92. The molecule has 0 spiro atoms. The van der Waals surface area contributed by atoms with Crippen LogP contribution >= 0.6 is 0 Å². The number of benzene rings is 5. The largest absolute Gasteiger partial charge is 0.419 e. The number of fused-ring (bicyclic) bond motifs is 8. The summed E-state index contributed by atoms with van der Waals surface area (Å²) < 4.78 is 109. The fourth-order valence-corrected chi connectivity index (χ4v) is 7.85. The number of alkyl halides is 6. The van der Waals surface area contributed by atoms with Crippen LogP contribution < -0.4 is 0 Å². The molecule has 0 radical (unpaired) electrons. The normalized spacial score (nSPS) is 12.5. The highest BCUT2D eigenvalue weighted by atomic mass is 19.4. The molecule has 2 aliphatic rings. The number of rotatable bonds is 2. The Morgan fingerprint density at radius 1 is 0.417 bits per heavy atom. The van der Waals surface area contributed by atoms with Gasteiger partial charge in [-0.25, -0.2) is 18.7 Å². The Balaban J connectivity index is 1.19. The molecular weight excluding hydrogens is 789 g/mol. The fraction of sp³-hybridized carbons (Fsp3) is 0.0435. The maximum atomic E-state index is 14.6. The quantitative estimate of drug-likeness (QED) is 0.0974. The topological polar surface area (TPSA) is 121 Å². The smallest absolute Gasteiger partial charge is 0.247 e. The third-order valence-electron chi connectivity index (χ3n) is 10.5. The molecule has 0 saturated heterocycles. The van der Waals surface area contributed by atoms with Crippen molar-refractivity contribution in [1.82, 2.24) is 9.97 Å². The number of halogens is 8. The summed E-state index contributed by atoms with van der Waals surface area (Å²) >= 11 is 0. The number of hydrogen-bond acceptors (Lipinski definition) is 6. The van der Waals surface area contributed by atoms with Crippen LogP contribution in [0.4, 0.5) is 35.1 Å². The summed E-state index contributed by atoms with van der Waals surface area (Å²) in [4.78, 5) is 9.77. The molecule has 6 nitrogen and oxygen atoms in total. The second-order valence-electron chi connectivity index (χ2n) is 13.9. The maximum absolute atomic E-state index is 14.6. The van der Waals surface area contributed by atoms with Crippen LogP contribution in [-0.4, -0.2) is 9.97 Å². The number of pyridine rings is 2. The van der Waals surface area contributed by atoms with Gasteiger partial charge < -0.3 is 0 Å². The molecule has 2 aromatic heterocycles. The molecule has 0 amide bonds. The zero-order valence-electron chi connectivity index (χ0n) is 29.9. The van der Waals surface area contributed by atoms with Crippen LogP contribution in [0, 0.1) is 57.0 Å². The predicted molar refractivity (Wildman–Crippen MR) is 203 cm³/mol. The van der Waals surface area contributed by atoms with Gasteiger partial charge in [-0.2, -0.15) is 47.4 Å². The minimum Gasteiger partial charge on any atom is -0.247 e. The van der Waals surface area contributed by atoms with Gasteiger partial charge in [-0.15, -0.1) is 0 Å². The molecule has 2 heterocycles. The number of nitriles is 4. The second-order valence-corrected chi connectivity index (χ2v) is 13.9. The summed E-state index contributed by atoms with van der Waals surface area (Å²) in [6, 6.07) is 29.2. The van der Waals surface area contributed by atoms with Gasteiger partial charge in [0.2, 0.25) is 0 Å². The first kappa shape index (κ1) is 37.4. The average molecular weight is 805 g/mol. The highest BCUT2D eigenvalue weighted by Crippen LogP contribution is 2.50. The minimum atomic E-state index is -4.89. The summed E-state index contributed by atoms with van der Waals surface area (Å²) in [6.45, 7) is 0. The summed E-state index contributed by atoms with van der Waals surface area (Å²) in [5.41, 5.74) is 2.23. The Bertz CT molecular complexity index is 3110. The number of allylic oxidation sites excluding steroid dienone is 2. The first-order valence-electron chi connectivity index (χ1n) is 17.6. The van der Waals surface area contributed by atoms with E-state index in [0.29, 0.717) is 78.4 Å². The van der Waals surface area contributed by atoms with Crippen LogP contribution in [0.25, 0.3) is 77.5 Å². The molecule has 0 N–H and O–H groups in total. The zero-order valence-corrected chi connectivity index (χ0v) is 29.9. The van der Waals surface area contributed by atoms with E-state index in [2.05, 4.69) is 0 Å². The Hall–Kier alpha value is -8.20. The van der Waals surface area contributed by atoms with E-state index in [0.717, 1.165) is 24.3 Å². The molecular formula is C46H16F8N6. The Labute approximate surface area is 333 Å². The molecule has 0 unspecified atom stereocenters. The highest BCUT2D eigenvalue weighted by molar-refractivity contribution is 6.10. The molecule has 9 rings (SSSR count). The van der Waals surface area contributed by atoms with Gasteiger partial charge in [-0.3, -0.25) is 0 Å². The van der Waals surface area contributed by atoms with Gasteiger partial charge in [0.15, 0.2) is 0 Å². The molecule has 0 fully saturated rings. The van der Waals surface area contributed by atoms with Gasteiger partial charge in [0, 0.05) is 33.0 Å². The third kappa shape index (κ3) is 5.74. The van der Waals surface area contributed by atoms with Crippen molar-refractivity contribution in [1.29, 1.82) is 21.0 Å². The van der Waals surface area contributed by atoms with Gasteiger partial charge >= 0.3 is 12.4 Å². The lowest BCUT2D eigenvalue weighted by atomic mass is 9.95. The lowest BCUT2D eigenvalue weighted by molar-refractivity contribution is -0.140. The van der Waals surface area contributed by atoms with E-state index in [9.17, 15) is 56.2 Å². The summed E-state index contributed by atoms with van der Waals surface area (Å²) in [5, 5.41) is 41.1. The van der Waals surface area contributed by atoms with Crippen molar-refractivity contribution in [2.24, 2.45) is 0 Å². The van der Waals surface area contributed by atoms with E-state index in [1.807, 2.05) is 24.3 Å². The molecule has 0 aliphatic heterocycles. The number of aromatic nitrogens is 2. The number of hydrogen-bond donors (Lipinski definition) is 0. The zero-order chi connectivity index (χ0) is 42.4. The maximum Gasteiger partial charge on any atom is 0.419 e. The monoisotopic (exact) mass is 804 g/mol. The van der Waals surface area contributed by atoms with Gasteiger partial charge in [0.05, 0.1) is 33.5 Å². The lowest BCUT2D eigenvalue weighted by Crippen LogP contribution is -2.07. The third-order valence-corrected chi connectivity index (χ3v) is 10.5. The molecule has 2 aliphatic carbocycles. The summed E-state index contributed by atoms with van der Waals surface area (Å²) in [7, 11) is 0. The first-order chi connectivity index (χ1) is 28.6. The van der Waals surface area contributed by atoms with E-state index in [-0.39, 0.29) is 44.8 Å². The van der Waals surface area contributed by atoms with Crippen molar-refractivity contribution in [3.8, 4) is 68.8 Å². The van der Waals surface area contributed by atoms with E-state index in [4.69, 9.17) is 9.97 Å². The molecule has 14 heteroatoms. The van der Waals surface area contributed by atoms with Crippen molar-refractivity contribution in [2.45, 2.75) is 12.4 Å². The lowest BCUT2D eigenvalue weighted by Gasteiger charge is -2.11. The fourth-order valence-electron chi connectivity index (χ4n) is 7.85. The minimum absolute atomic E-state index is 0.133. The standard InChI is InChI=1S/C46H16F8N6/c47-37-13-23(3-7-35(37)45(49,50)51)21-1-5-29-31(9-21)41(27(17-55)18-56)43-33(29)11-25-15-40-26(16-39(25)59-43)12-34-30-6-2-22(24-4-8-36(38(48)14-24)46(52,53)54)10-32(30)42(44(34)60-40)28(19-57)20-58/h1-16H. The van der Waals surface area contributed by atoms with Crippen LogP contribution in [0.2, 0.25) is 0 Å². The molecule has 5 aromatic carbocycles. The summed E-state index contributed by atoms with van der Waals surface area (Å²) in [6.07, 6.45) is -9.79. The SMILES string of the molecule is N#CC(C#N)=C1c2cc(-c3ccc(C(F)(F)F)c(F)c3)ccc2-c2cc3cc4nc5c(cc4cc3nc21)-c1ccc(-c2ccc(C(F)(F)F)c(F)c2)cc1C5=C(C#N)C#N. The Morgan fingerprint density at radius 2 is 0.767 bits per heavy atom. The second kappa shape index (κ2) is 13.2. The Morgan fingerprint density at radius 3 is 1.10 bits per heavy atom. The van der Waals surface area contributed by atoms with Gasteiger partial charge in [0.25, 0.3) is 0 Å². The van der Waals surface area contributed by atoms with Crippen LogP contribution in [-0.2, 0) is 12.4 Å².